The minimum atomic E-state index is 0.666. The van der Waals surface area contributed by atoms with Crippen LogP contribution in [0.1, 0.15) is 24.0 Å². The van der Waals surface area contributed by atoms with Crippen molar-refractivity contribution in [2.24, 2.45) is 0 Å². The normalized spacial score (nSPS) is 14.1. The number of benzene rings is 1. The highest BCUT2D eigenvalue weighted by Crippen LogP contribution is 2.28. The van der Waals surface area contributed by atoms with Crippen LogP contribution in [0.5, 0.6) is 5.75 Å². The van der Waals surface area contributed by atoms with E-state index in [0.717, 1.165) is 24.9 Å². The van der Waals surface area contributed by atoms with Crippen LogP contribution < -0.4 is 4.74 Å². The average Bonchev–Trinajstić information content (AvgIpc) is 3.24. The van der Waals surface area contributed by atoms with Gasteiger partial charge in [0.25, 0.3) is 0 Å². The Morgan fingerprint density at radius 2 is 2.05 bits per heavy atom. The van der Waals surface area contributed by atoms with Crippen LogP contribution in [0.3, 0.4) is 0 Å². The van der Waals surface area contributed by atoms with Crippen molar-refractivity contribution in [3.05, 3.63) is 52.2 Å². The molecule has 1 aromatic carbocycles. The van der Waals surface area contributed by atoms with Gasteiger partial charge in [-0.05, 0) is 59.5 Å². The first kappa shape index (κ1) is 14.1. The Morgan fingerprint density at radius 3 is 2.67 bits per heavy atom. The lowest BCUT2D eigenvalue weighted by molar-refractivity contribution is 0.195. The highest BCUT2D eigenvalue weighted by Gasteiger charge is 2.28. The molecule has 0 radical (unpaired) electrons. The molecular formula is C17H18N2OS. The van der Waals surface area contributed by atoms with Crippen molar-refractivity contribution in [2.75, 3.05) is 13.2 Å². The Morgan fingerprint density at radius 1 is 1.24 bits per heavy atom. The molecule has 0 spiro atoms. The maximum Gasteiger partial charge on any atom is 0.119 e. The van der Waals surface area contributed by atoms with E-state index in [4.69, 9.17) is 10.00 Å². The Bertz CT molecular complexity index is 597. The van der Waals surface area contributed by atoms with E-state index in [1.807, 2.05) is 12.1 Å². The van der Waals surface area contributed by atoms with Crippen LogP contribution in [0.2, 0.25) is 0 Å². The van der Waals surface area contributed by atoms with E-state index in [2.05, 4.69) is 27.8 Å². The average molecular weight is 298 g/mol. The molecular weight excluding hydrogens is 280 g/mol. The molecule has 1 fully saturated rings. The van der Waals surface area contributed by atoms with E-state index in [1.54, 1.807) is 23.5 Å². The molecule has 1 aliphatic rings. The number of hydrogen-bond donors (Lipinski definition) is 0. The van der Waals surface area contributed by atoms with Crippen molar-refractivity contribution < 1.29 is 4.74 Å². The molecule has 0 atom stereocenters. The van der Waals surface area contributed by atoms with Gasteiger partial charge in [-0.1, -0.05) is 0 Å². The van der Waals surface area contributed by atoms with Crippen molar-refractivity contribution in [3.63, 3.8) is 0 Å². The fourth-order valence-electron chi connectivity index (χ4n) is 2.35. The fraction of sp³-hybridized carbons (Fsp3) is 0.353. The zero-order chi connectivity index (χ0) is 14.5. The topological polar surface area (TPSA) is 36.3 Å². The Balaban J connectivity index is 1.49. The van der Waals surface area contributed by atoms with Gasteiger partial charge in [0.1, 0.15) is 12.4 Å². The number of rotatable bonds is 7. The van der Waals surface area contributed by atoms with Gasteiger partial charge in [-0.25, -0.2) is 0 Å². The summed E-state index contributed by atoms with van der Waals surface area (Å²) in [6.07, 6.45) is 2.61. The van der Waals surface area contributed by atoms with Crippen LogP contribution >= 0.6 is 11.3 Å². The van der Waals surface area contributed by atoms with Crippen molar-refractivity contribution in [1.82, 2.24) is 4.90 Å². The third-order valence-corrected chi connectivity index (χ3v) is 4.39. The zero-order valence-corrected chi connectivity index (χ0v) is 12.7. The standard InChI is InChI=1S/C17H18N2OS/c18-11-14-1-5-17(6-2-14)20-9-8-19(16-3-4-16)12-15-7-10-21-13-15/h1-2,5-7,10,13,16H,3-4,8-9,12H2. The minimum absolute atomic E-state index is 0.666. The number of thiophene rings is 1. The minimum Gasteiger partial charge on any atom is -0.492 e. The van der Waals surface area contributed by atoms with E-state index in [1.165, 1.54) is 18.4 Å². The van der Waals surface area contributed by atoms with Crippen LogP contribution in [0.4, 0.5) is 0 Å². The summed E-state index contributed by atoms with van der Waals surface area (Å²) < 4.78 is 5.78. The molecule has 0 aliphatic heterocycles. The highest BCUT2D eigenvalue weighted by atomic mass is 32.1. The molecule has 0 amide bonds. The second kappa shape index (κ2) is 6.75. The maximum absolute atomic E-state index is 8.77. The summed E-state index contributed by atoms with van der Waals surface area (Å²) in [5, 5.41) is 13.1. The molecule has 0 N–H and O–H groups in total. The Kier molecular flexibility index (Phi) is 4.54. The van der Waals surface area contributed by atoms with Crippen LogP contribution in [0.15, 0.2) is 41.1 Å². The van der Waals surface area contributed by atoms with Gasteiger partial charge in [0, 0.05) is 19.1 Å². The summed E-state index contributed by atoms with van der Waals surface area (Å²) in [7, 11) is 0. The molecule has 21 heavy (non-hydrogen) atoms. The molecule has 108 valence electrons. The lowest BCUT2D eigenvalue weighted by Gasteiger charge is -2.21. The van der Waals surface area contributed by atoms with Crippen LogP contribution in [0, 0.1) is 11.3 Å². The van der Waals surface area contributed by atoms with Crippen LogP contribution in [-0.4, -0.2) is 24.1 Å². The lowest BCUT2D eigenvalue weighted by atomic mass is 10.2. The summed E-state index contributed by atoms with van der Waals surface area (Å²) in [6.45, 7) is 2.65. The first-order chi connectivity index (χ1) is 10.3. The van der Waals surface area contributed by atoms with E-state index in [-0.39, 0.29) is 0 Å². The van der Waals surface area contributed by atoms with Crippen LogP contribution in [0.25, 0.3) is 0 Å². The van der Waals surface area contributed by atoms with Gasteiger partial charge in [0.2, 0.25) is 0 Å². The quantitative estimate of drug-likeness (QED) is 0.782. The van der Waals surface area contributed by atoms with Gasteiger partial charge in [-0.15, -0.1) is 0 Å². The van der Waals surface area contributed by atoms with E-state index >= 15 is 0 Å². The van der Waals surface area contributed by atoms with Gasteiger partial charge >= 0.3 is 0 Å². The molecule has 0 saturated heterocycles. The third-order valence-electron chi connectivity index (χ3n) is 3.66. The van der Waals surface area contributed by atoms with Crippen molar-refractivity contribution >= 4 is 11.3 Å². The molecule has 1 saturated carbocycles. The van der Waals surface area contributed by atoms with Crippen molar-refractivity contribution in [2.45, 2.75) is 25.4 Å². The maximum atomic E-state index is 8.77. The SMILES string of the molecule is N#Cc1ccc(OCCN(Cc2ccsc2)C2CC2)cc1. The van der Waals surface area contributed by atoms with Crippen molar-refractivity contribution in [1.29, 1.82) is 5.26 Å². The smallest absolute Gasteiger partial charge is 0.119 e. The van der Waals surface area contributed by atoms with Gasteiger partial charge in [-0.2, -0.15) is 16.6 Å². The van der Waals surface area contributed by atoms with Gasteiger partial charge < -0.3 is 4.74 Å². The number of hydrogen-bond acceptors (Lipinski definition) is 4. The second-order valence-electron chi connectivity index (χ2n) is 5.32. The first-order valence-corrected chi connectivity index (χ1v) is 8.17. The molecule has 1 aromatic heterocycles. The molecule has 3 nitrogen and oxygen atoms in total. The summed E-state index contributed by atoms with van der Waals surface area (Å²) in [4.78, 5) is 2.51. The van der Waals surface area contributed by atoms with Crippen molar-refractivity contribution in [3.8, 4) is 11.8 Å². The molecule has 4 heteroatoms. The van der Waals surface area contributed by atoms with E-state index in [9.17, 15) is 0 Å². The monoisotopic (exact) mass is 298 g/mol. The zero-order valence-electron chi connectivity index (χ0n) is 11.9. The largest absolute Gasteiger partial charge is 0.492 e. The Hall–Kier alpha value is -1.83. The third kappa shape index (κ3) is 4.07. The molecule has 0 unspecified atom stereocenters. The van der Waals surface area contributed by atoms with Gasteiger partial charge in [-0.3, -0.25) is 4.90 Å². The predicted molar refractivity (Wildman–Crippen MR) is 84.4 cm³/mol. The highest BCUT2D eigenvalue weighted by molar-refractivity contribution is 7.07. The number of ether oxygens (including phenoxy) is 1. The van der Waals surface area contributed by atoms with Gasteiger partial charge in [0.15, 0.2) is 0 Å². The molecule has 2 aromatic rings. The summed E-state index contributed by atoms with van der Waals surface area (Å²) in [6, 6.07) is 12.3. The van der Waals surface area contributed by atoms with Gasteiger partial charge in [0.05, 0.1) is 11.6 Å². The summed E-state index contributed by atoms with van der Waals surface area (Å²) in [5.41, 5.74) is 2.06. The molecule has 0 bridgehead atoms. The van der Waals surface area contributed by atoms with E-state index < -0.39 is 0 Å². The summed E-state index contributed by atoms with van der Waals surface area (Å²) in [5.74, 6) is 0.834. The molecule has 1 heterocycles. The number of nitrogens with zero attached hydrogens (tertiary/aromatic N) is 2. The summed E-state index contributed by atoms with van der Waals surface area (Å²) >= 11 is 1.75. The predicted octanol–water partition coefficient (Wildman–Crippen LogP) is 3.66. The lowest BCUT2D eigenvalue weighted by Crippen LogP contribution is -2.30. The second-order valence-corrected chi connectivity index (χ2v) is 6.10. The van der Waals surface area contributed by atoms with E-state index in [0.29, 0.717) is 12.2 Å². The van der Waals surface area contributed by atoms with Crippen LogP contribution in [-0.2, 0) is 6.54 Å². The molecule has 3 rings (SSSR count). The number of nitriles is 1. The Labute approximate surface area is 129 Å². The first-order valence-electron chi connectivity index (χ1n) is 7.23. The molecule has 1 aliphatic carbocycles. The fourth-order valence-corrected chi connectivity index (χ4v) is 3.01.